The molecule has 0 bridgehead atoms. The molecular formula is C11H20. The van der Waals surface area contributed by atoms with Crippen LogP contribution in [0.25, 0.3) is 0 Å². The first-order chi connectivity index (χ1) is 5.00. The summed E-state index contributed by atoms with van der Waals surface area (Å²) >= 11 is 0. The summed E-state index contributed by atoms with van der Waals surface area (Å²) in [5, 5.41) is 0. The molecule has 0 heteroatoms. The van der Waals surface area contributed by atoms with Crippen LogP contribution in [0.1, 0.15) is 41.5 Å². The normalized spacial score (nSPS) is 14.5. The third-order valence-electron chi connectivity index (χ3n) is 2.58. The lowest BCUT2D eigenvalue weighted by Crippen LogP contribution is -1.99. The Kier molecular flexibility index (Phi) is 4.17. The van der Waals surface area contributed by atoms with Gasteiger partial charge in [0.15, 0.2) is 0 Å². The molecule has 0 amide bonds. The Morgan fingerprint density at radius 1 is 1.09 bits per heavy atom. The van der Waals surface area contributed by atoms with Gasteiger partial charge in [0.25, 0.3) is 0 Å². The maximum absolute atomic E-state index is 2.26. The Morgan fingerprint density at radius 3 is 1.82 bits per heavy atom. The van der Waals surface area contributed by atoms with E-state index >= 15 is 0 Å². The lowest BCUT2D eigenvalue weighted by Gasteiger charge is -2.14. The molecule has 0 aliphatic rings. The molecule has 0 N–H and O–H groups in total. The standard InChI is InChI=1S/C11H20/c1-7-9(4)11(6)10(5)8(2)3/h7,11H,1-6H3. The van der Waals surface area contributed by atoms with E-state index in [2.05, 4.69) is 47.6 Å². The first-order valence-electron chi connectivity index (χ1n) is 4.27. The molecule has 0 radical (unpaired) electrons. The van der Waals surface area contributed by atoms with Crippen LogP contribution >= 0.6 is 0 Å². The highest BCUT2D eigenvalue weighted by atomic mass is 14.1. The van der Waals surface area contributed by atoms with Crippen molar-refractivity contribution in [1.29, 1.82) is 0 Å². The molecule has 1 unspecified atom stereocenters. The Labute approximate surface area is 71.0 Å². The smallest absolute Gasteiger partial charge is 0.00246 e. The fraction of sp³-hybridized carbons (Fsp3) is 0.636. The fourth-order valence-corrected chi connectivity index (χ4v) is 1.02. The maximum atomic E-state index is 2.26. The minimum atomic E-state index is 0.616. The van der Waals surface area contributed by atoms with Crippen LogP contribution < -0.4 is 0 Å². The molecule has 0 rings (SSSR count). The van der Waals surface area contributed by atoms with Crippen LogP contribution in [0.15, 0.2) is 22.8 Å². The van der Waals surface area contributed by atoms with Crippen LogP contribution in [0.3, 0.4) is 0 Å². The lowest BCUT2D eigenvalue weighted by atomic mass is 9.92. The average Bonchev–Trinajstić information content (AvgIpc) is 2.00. The van der Waals surface area contributed by atoms with Gasteiger partial charge in [-0.05, 0) is 40.5 Å². The van der Waals surface area contributed by atoms with Crippen molar-refractivity contribution in [3.05, 3.63) is 22.8 Å². The monoisotopic (exact) mass is 152 g/mol. The van der Waals surface area contributed by atoms with Gasteiger partial charge in [-0.15, -0.1) is 0 Å². The molecule has 0 fully saturated rings. The van der Waals surface area contributed by atoms with E-state index in [9.17, 15) is 0 Å². The molecular weight excluding hydrogens is 132 g/mol. The minimum Gasteiger partial charge on any atom is -0.0881 e. The van der Waals surface area contributed by atoms with Crippen molar-refractivity contribution in [2.24, 2.45) is 5.92 Å². The highest BCUT2D eigenvalue weighted by molar-refractivity contribution is 5.20. The van der Waals surface area contributed by atoms with Crippen LogP contribution in [0.5, 0.6) is 0 Å². The zero-order valence-corrected chi connectivity index (χ0v) is 8.65. The van der Waals surface area contributed by atoms with Crippen LogP contribution in [0.2, 0.25) is 0 Å². The van der Waals surface area contributed by atoms with Crippen LogP contribution in [0.4, 0.5) is 0 Å². The number of rotatable bonds is 2. The molecule has 0 saturated carbocycles. The van der Waals surface area contributed by atoms with E-state index in [1.165, 1.54) is 16.7 Å². The van der Waals surface area contributed by atoms with Crippen LogP contribution in [-0.2, 0) is 0 Å². The van der Waals surface area contributed by atoms with E-state index in [-0.39, 0.29) is 0 Å². The van der Waals surface area contributed by atoms with Gasteiger partial charge >= 0.3 is 0 Å². The van der Waals surface area contributed by atoms with Gasteiger partial charge in [-0.25, -0.2) is 0 Å². The van der Waals surface area contributed by atoms with Gasteiger partial charge in [0.05, 0.1) is 0 Å². The van der Waals surface area contributed by atoms with E-state index < -0.39 is 0 Å². The Balaban J connectivity index is 4.51. The van der Waals surface area contributed by atoms with Crippen molar-refractivity contribution in [3.63, 3.8) is 0 Å². The minimum absolute atomic E-state index is 0.616. The summed E-state index contributed by atoms with van der Waals surface area (Å²) in [5.74, 6) is 0.616. The predicted molar refractivity (Wildman–Crippen MR) is 52.6 cm³/mol. The highest BCUT2D eigenvalue weighted by Gasteiger charge is 2.05. The zero-order chi connectivity index (χ0) is 9.02. The van der Waals surface area contributed by atoms with Crippen LogP contribution in [0, 0.1) is 5.92 Å². The molecule has 0 aromatic carbocycles. The van der Waals surface area contributed by atoms with Gasteiger partial charge in [0.1, 0.15) is 0 Å². The largest absolute Gasteiger partial charge is 0.0881 e. The SMILES string of the molecule is CC=C(C)C(C)C(C)=C(C)C. The summed E-state index contributed by atoms with van der Waals surface area (Å²) < 4.78 is 0. The van der Waals surface area contributed by atoms with E-state index in [1.807, 2.05) is 0 Å². The first-order valence-corrected chi connectivity index (χ1v) is 4.27. The van der Waals surface area contributed by atoms with Gasteiger partial charge in [0, 0.05) is 0 Å². The van der Waals surface area contributed by atoms with Crippen LogP contribution in [-0.4, -0.2) is 0 Å². The Morgan fingerprint density at radius 2 is 1.55 bits per heavy atom. The van der Waals surface area contributed by atoms with Crippen molar-refractivity contribution in [1.82, 2.24) is 0 Å². The Bertz CT molecular complexity index is 178. The topological polar surface area (TPSA) is 0 Å². The molecule has 1 atom stereocenters. The van der Waals surface area contributed by atoms with E-state index in [4.69, 9.17) is 0 Å². The molecule has 0 aliphatic heterocycles. The lowest BCUT2D eigenvalue weighted by molar-refractivity contribution is 0.784. The molecule has 0 aromatic rings. The Hall–Kier alpha value is -0.520. The molecule has 0 nitrogen and oxygen atoms in total. The first kappa shape index (κ1) is 10.5. The van der Waals surface area contributed by atoms with Crippen molar-refractivity contribution in [2.75, 3.05) is 0 Å². The molecule has 0 saturated heterocycles. The van der Waals surface area contributed by atoms with E-state index in [0.717, 1.165) is 0 Å². The zero-order valence-electron chi connectivity index (χ0n) is 8.65. The van der Waals surface area contributed by atoms with Crippen molar-refractivity contribution in [3.8, 4) is 0 Å². The summed E-state index contributed by atoms with van der Waals surface area (Å²) in [7, 11) is 0. The summed E-state index contributed by atoms with van der Waals surface area (Å²) in [6.07, 6.45) is 2.19. The molecule has 0 heterocycles. The molecule has 11 heavy (non-hydrogen) atoms. The van der Waals surface area contributed by atoms with Gasteiger partial charge in [-0.3, -0.25) is 0 Å². The fourth-order valence-electron chi connectivity index (χ4n) is 1.02. The maximum Gasteiger partial charge on any atom is -0.00246 e. The van der Waals surface area contributed by atoms with Crippen molar-refractivity contribution < 1.29 is 0 Å². The number of hydrogen-bond acceptors (Lipinski definition) is 0. The second-order valence-corrected chi connectivity index (χ2v) is 3.44. The summed E-state index contributed by atoms with van der Waals surface area (Å²) in [6, 6.07) is 0. The summed E-state index contributed by atoms with van der Waals surface area (Å²) in [6.45, 7) is 13.1. The number of allylic oxidation sites excluding steroid dienone is 4. The summed E-state index contributed by atoms with van der Waals surface area (Å²) in [5.41, 5.74) is 4.41. The summed E-state index contributed by atoms with van der Waals surface area (Å²) in [4.78, 5) is 0. The van der Waals surface area contributed by atoms with Gasteiger partial charge < -0.3 is 0 Å². The van der Waals surface area contributed by atoms with Gasteiger partial charge in [-0.1, -0.05) is 29.7 Å². The van der Waals surface area contributed by atoms with Gasteiger partial charge in [-0.2, -0.15) is 0 Å². The molecule has 0 aromatic heterocycles. The predicted octanol–water partition coefficient (Wildman–Crippen LogP) is 3.95. The average molecular weight is 152 g/mol. The molecule has 0 spiro atoms. The number of hydrogen-bond donors (Lipinski definition) is 0. The second-order valence-electron chi connectivity index (χ2n) is 3.44. The van der Waals surface area contributed by atoms with E-state index in [0.29, 0.717) is 5.92 Å². The highest BCUT2D eigenvalue weighted by Crippen LogP contribution is 2.21. The third kappa shape index (κ3) is 2.92. The second kappa shape index (κ2) is 4.38. The molecule has 64 valence electrons. The van der Waals surface area contributed by atoms with E-state index in [1.54, 1.807) is 0 Å². The van der Waals surface area contributed by atoms with Gasteiger partial charge in [0.2, 0.25) is 0 Å². The quantitative estimate of drug-likeness (QED) is 0.526. The van der Waals surface area contributed by atoms with Crippen molar-refractivity contribution in [2.45, 2.75) is 41.5 Å². The molecule has 0 aliphatic carbocycles. The third-order valence-corrected chi connectivity index (χ3v) is 2.58. The van der Waals surface area contributed by atoms with Crippen molar-refractivity contribution >= 4 is 0 Å².